The summed E-state index contributed by atoms with van der Waals surface area (Å²) in [5, 5.41) is 22.0. The Kier molecular flexibility index (Phi) is 4.56. The van der Waals surface area contributed by atoms with Gasteiger partial charge in [-0.05, 0) is 17.2 Å². The van der Waals surface area contributed by atoms with Gasteiger partial charge in [0.15, 0.2) is 5.82 Å². The van der Waals surface area contributed by atoms with Crippen molar-refractivity contribution in [2.75, 3.05) is 0 Å². The van der Waals surface area contributed by atoms with Gasteiger partial charge in [-0.15, -0.1) is 4.68 Å². The van der Waals surface area contributed by atoms with Crippen molar-refractivity contribution in [2.24, 2.45) is 0 Å². The molecule has 2 rings (SSSR count). The van der Waals surface area contributed by atoms with Gasteiger partial charge in [-0.25, -0.2) is 4.98 Å². The average molecular weight is 417 g/mol. The normalized spacial score (nSPS) is 9.00. The Hall–Kier alpha value is -2.21. The Morgan fingerprint density at radius 3 is 2.89 bits per heavy atom. The van der Waals surface area contributed by atoms with Crippen LogP contribution in [0.5, 0.6) is 5.88 Å². The van der Waals surface area contributed by atoms with Crippen LogP contribution in [-0.2, 0) is 26.5 Å². The molecule has 91 valence electrons. The molecular weight excluding hydrogens is 410 g/mol. The Morgan fingerprint density at radius 1 is 1.50 bits per heavy atom. The summed E-state index contributed by atoms with van der Waals surface area (Å²) in [6.45, 7) is 6.80. The van der Waals surface area contributed by atoms with Crippen molar-refractivity contribution < 1.29 is 25.2 Å². The molecule has 0 unspecified atom stereocenters. The number of hydrogen-bond donors (Lipinski definition) is 1. The van der Waals surface area contributed by atoms with Crippen molar-refractivity contribution in [3.8, 4) is 17.8 Å². The number of aromatic nitrogens is 3. The fourth-order valence-corrected chi connectivity index (χ4v) is 1.35. The maximum Gasteiger partial charge on any atom is 0.299 e. The number of nitriles is 1. The summed E-state index contributed by atoms with van der Waals surface area (Å²) >= 11 is 0. The van der Waals surface area contributed by atoms with E-state index in [1.54, 1.807) is 18.2 Å². The molecule has 0 fully saturated rings. The number of aromatic hydroxyl groups is 1. The molecule has 2 aromatic heterocycles. The first kappa shape index (κ1) is 13.9. The van der Waals surface area contributed by atoms with Crippen molar-refractivity contribution in [3.63, 3.8) is 0 Å². The molecule has 0 saturated carbocycles. The maximum absolute atomic E-state index is 9.59. The predicted molar refractivity (Wildman–Crippen MR) is 58.6 cm³/mol. The molecule has 18 heavy (non-hydrogen) atoms. The van der Waals surface area contributed by atoms with Crippen LogP contribution in [0.3, 0.4) is 0 Å². The second-order valence-corrected chi connectivity index (χ2v) is 3.21. The summed E-state index contributed by atoms with van der Waals surface area (Å²) in [7, 11) is 0. The van der Waals surface area contributed by atoms with Gasteiger partial charge >= 0.3 is 0 Å². The van der Waals surface area contributed by atoms with Crippen LogP contribution < -0.4 is 0 Å². The topological polar surface area (TPSA) is 79.1 Å². The van der Waals surface area contributed by atoms with Crippen LogP contribution in [0.2, 0.25) is 0 Å². The predicted octanol–water partition coefficient (Wildman–Crippen LogP) is 1.59. The van der Waals surface area contributed by atoms with Gasteiger partial charge in [-0.1, -0.05) is 12.6 Å². The van der Waals surface area contributed by atoms with Gasteiger partial charge in [-0.2, -0.15) is 5.26 Å². The second kappa shape index (κ2) is 5.92. The summed E-state index contributed by atoms with van der Waals surface area (Å²) < 4.78 is 1.16. The summed E-state index contributed by atoms with van der Waals surface area (Å²) in [4.78, 5) is 7.27. The Morgan fingerprint density at radius 2 is 2.28 bits per heavy atom. The van der Waals surface area contributed by atoms with Crippen LogP contribution in [0.1, 0.15) is 5.69 Å². The van der Waals surface area contributed by atoms with E-state index in [4.69, 9.17) is 11.8 Å². The molecule has 1 radical (unpaired) electrons. The van der Waals surface area contributed by atoms with Crippen LogP contribution in [0.4, 0.5) is 5.82 Å². The number of nitrogens with zero attached hydrogens (tertiary/aromatic N) is 5. The fraction of sp³-hybridized carbons (Fsp3) is 0.0909. The third kappa shape index (κ3) is 2.72. The van der Waals surface area contributed by atoms with E-state index >= 15 is 0 Å². The van der Waals surface area contributed by atoms with Gasteiger partial charge in [0.1, 0.15) is 0 Å². The SMILES string of the molecule is [C-]#[N+]c1cc(O)n(-c2cccc(CC#N)n2)n1.[Ir]. The van der Waals surface area contributed by atoms with E-state index in [2.05, 4.69) is 14.9 Å². The summed E-state index contributed by atoms with van der Waals surface area (Å²) in [5.41, 5.74) is 0.587. The van der Waals surface area contributed by atoms with E-state index in [1.807, 2.05) is 6.07 Å². The Labute approximate surface area is 117 Å². The minimum absolute atomic E-state index is 0. The molecule has 0 aliphatic carbocycles. The summed E-state index contributed by atoms with van der Waals surface area (Å²) in [5.74, 6) is 0.317. The Balaban J connectivity index is 0.00000162. The zero-order valence-corrected chi connectivity index (χ0v) is 11.4. The van der Waals surface area contributed by atoms with E-state index in [0.29, 0.717) is 11.5 Å². The fourth-order valence-electron chi connectivity index (χ4n) is 1.35. The largest absolute Gasteiger partial charge is 0.493 e. The van der Waals surface area contributed by atoms with Crippen LogP contribution >= 0.6 is 0 Å². The first-order valence-corrected chi connectivity index (χ1v) is 4.74. The monoisotopic (exact) mass is 418 g/mol. The molecule has 0 spiro atoms. The second-order valence-electron chi connectivity index (χ2n) is 3.21. The van der Waals surface area contributed by atoms with Crippen molar-refractivity contribution in [1.29, 1.82) is 5.26 Å². The first-order chi connectivity index (χ1) is 8.24. The van der Waals surface area contributed by atoms with Gasteiger partial charge in [0.05, 0.1) is 18.2 Å². The van der Waals surface area contributed by atoms with Crippen molar-refractivity contribution in [3.05, 3.63) is 41.4 Å². The molecule has 7 heteroatoms. The standard InChI is InChI=1S/C11H7N5O.Ir/c1-13-9-7-11(17)16(15-9)10-4-2-3-8(14-10)5-6-12;/h2-4,7,17H,5H2;. The molecule has 0 aliphatic rings. The van der Waals surface area contributed by atoms with Crippen LogP contribution in [-0.4, -0.2) is 19.9 Å². The number of pyridine rings is 1. The van der Waals surface area contributed by atoms with Crippen molar-refractivity contribution >= 4 is 5.82 Å². The molecule has 6 nitrogen and oxygen atoms in total. The molecule has 0 atom stereocenters. The summed E-state index contributed by atoms with van der Waals surface area (Å²) in [6, 6.07) is 8.31. The minimum atomic E-state index is -0.155. The van der Waals surface area contributed by atoms with Crippen LogP contribution in [0.15, 0.2) is 24.3 Å². The van der Waals surface area contributed by atoms with Crippen molar-refractivity contribution in [1.82, 2.24) is 14.8 Å². The van der Waals surface area contributed by atoms with E-state index in [1.165, 1.54) is 6.07 Å². The van der Waals surface area contributed by atoms with Gasteiger partial charge in [0.2, 0.25) is 5.88 Å². The molecule has 0 aliphatic heterocycles. The van der Waals surface area contributed by atoms with Gasteiger partial charge in [0, 0.05) is 26.2 Å². The third-order valence-corrected chi connectivity index (χ3v) is 2.06. The Bertz CT molecular complexity index is 638. The van der Waals surface area contributed by atoms with E-state index in [9.17, 15) is 5.11 Å². The van der Waals surface area contributed by atoms with Crippen LogP contribution in [0, 0.1) is 17.9 Å². The summed E-state index contributed by atoms with van der Waals surface area (Å²) in [6.07, 6.45) is 0.186. The minimum Gasteiger partial charge on any atom is -0.493 e. The van der Waals surface area contributed by atoms with Gasteiger partial charge in [0.25, 0.3) is 5.82 Å². The first-order valence-electron chi connectivity index (χ1n) is 4.74. The number of hydrogen-bond acceptors (Lipinski definition) is 4. The van der Waals surface area contributed by atoms with E-state index in [-0.39, 0.29) is 38.2 Å². The molecule has 0 saturated heterocycles. The quantitative estimate of drug-likeness (QED) is 0.753. The molecular formula is C11H7IrN5O. The van der Waals surface area contributed by atoms with E-state index < -0.39 is 0 Å². The molecule has 2 aromatic rings. The smallest absolute Gasteiger partial charge is 0.299 e. The van der Waals surface area contributed by atoms with Crippen molar-refractivity contribution in [2.45, 2.75) is 6.42 Å². The molecule has 0 amide bonds. The molecule has 2 heterocycles. The van der Waals surface area contributed by atoms with Gasteiger partial charge in [-0.3, -0.25) is 0 Å². The van der Waals surface area contributed by atoms with Gasteiger partial charge < -0.3 is 9.95 Å². The molecule has 0 aromatic carbocycles. The third-order valence-electron chi connectivity index (χ3n) is 2.06. The average Bonchev–Trinajstić information content (AvgIpc) is 2.71. The maximum atomic E-state index is 9.59. The molecule has 1 N–H and O–H groups in total. The molecule has 0 bridgehead atoms. The zero-order chi connectivity index (χ0) is 12.3. The zero-order valence-electron chi connectivity index (χ0n) is 9.03. The van der Waals surface area contributed by atoms with Crippen LogP contribution in [0.25, 0.3) is 10.7 Å². The van der Waals surface area contributed by atoms with E-state index in [0.717, 1.165) is 4.68 Å². The number of rotatable bonds is 2.